The Morgan fingerprint density at radius 2 is 1.62 bits per heavy atom. The molecule has 0 aromatic heterocycles. The van der Waals surface area contributed by atoms with Crippen LogP contribution in [0.5, 0.6) is 0 Å². The SMILES string of the molecule is CC1(C)CC1NC1C(C)(C)[C@H]2CC[C@]1(C)C2. The largest absolute Gasteiger partial charge is 0.310 e. The smallest absolute Gasteiger partial charge is 0.0178 e. The van der Waals surface area contributed by atoms with E-state index < -0.39 is 0 Å². The Morgan fingerprint density at radius 1 is 1.00 bits per heavy atom. The van der Waals surface area contributed by atoms with Gasteiger partial charge < -0.3 is 5.32 Å². The van der Waals surface area contributed by atoms with E-state index in [9.17, 15) is 0 Å². The average Bonchev–Trinajstić information content (AvgIpc) is 2.54. The van der Waals surface area contributed by atoms with Gasteiger partial charge in [-0.05, 0) is 47.8 Å². The highest BCUT2D eigenvalue weighted by Gasteiger charge is 2.61. The molecule has 0 aromatic carbocycles. The molecule has 3 saturated carbocycles. The molecule has 0 amide bonds. The van der Waals surface area contributed by atoms with E-state index in [1.807, 2.05) is 0 Å². The van der Waals surface area contributed by atoms with Crippen LogP contribution in [0.1, 0.15) is 60.3 Å². The van der Waals surface area contributed by atoms with Crippen LogP contribution < -0.4 is 5.32 Å². The second kappa shape index (κ2) is 2.85. The van der Waals surface area contributed by atoms with E-state index in [1.54, 1.807) is 0 Å². The maximum atomic E-state index is 4.01. The number of nitrogens with one attached hydrogen (secondary N) is 1. The van der Waals surface area contributed by atoms with Crippen molar-refractivity contribution in [3.63, 3.8) is 0 Å². The summed E-state index contributed by atoms with van der Waals surface area (Å²) in [5, 5.41) is 4.01. The van der Waals surface area contributed by atoms with Crippen LogP contribution in [0.3, 0.4) is 0 Å². The van der Waals surface area contributed by atoms with Crippen LogP contribution in [0.4, 0.5) is 0 Å². The fraction of sp³-hybridized carbons (Fsp3) is 1.00. The standard InChI is InChI=1S/C15H27N/c1-13(2)9-11(13)16-12-14(3,4)10-6-7-15(12,5)8-10/h10-12,16H,6-9H2,1-5H3/t10-,11?,12?,15+/m0/s1. The van der Waals surface area contributed by atoms with Gasteiger partial charge in [0.2, 0.25) is 0 Å². The van der Waals surface area contributed by atoms with Gasteiger partial charge in [-0.25, -0.2) is 0 Å². The molecule has 0 heterocycles. The summed E-state index contributed by atoms with van der Waals surface area (Å²) in [6.07, 6.45) is 5.76. The fourth-order valence-corrected chi connectivity index (χ4v) is 4.67. The van der Waals surface area contributed by atoms with Gasteiger partial charge in [-0.3, -0.25) is 0 Å². The molecule has 3 aliphatic carbocycles. The zero-order valence-electron chi connectivity index (χ0n) is 11.6. The lowest BCUT2D eigenvalue weighted by Gasteiger charge is -2.43. The van der Waals surface area contributed by atoms with E-state index in [0.29, 0.717) is 16.2 Å². The van der Waals surface area contributed by atoms with Gasteiger partial charge >= 0.3 is 0 Å². The third-order valence-corrected chi connectivity index (χ3v) is 6.15. The van der Waals surface area contributed by atoms with E-state index in [-0.39, 0.29) is 0 Å². The first kappa shape index (κ1) is 11.1. The third kappa shape index (κ3) is 1.33. The molecule has 0 spiro atoms. The molecule has 1 nitrogen and oxygen atoms in total. The Bertz CT molecular complexity index is 313. The molecule has 0 radical (unpaired) electrons. The van der Waals surface area contributed by atoms with Gasteiger partial charge in [-0.2, -0.15) is 0 Å². The fourth-order valence-electron chi connectivity index (χ4n) is 4.67. The van der Waals surface area contributed by atoms with Gasteiger partial charge in [0.15, 0.2) is 0 Å². The minimum absolute atomic E-state index is 0.520. The molecule has 1 N–H and O–H groups in total. The summed E-state index contributed by atoms with van der Waals surface area (Å²) in [5.41, 5.74) is 1.67. The van der Waals surface area contributed by atoms with Gasteiger partial charge in [0, 0.05) is 12.1 Å². The molecule has 3 fully saturated rings. The van der Waals surface area contributed by atoms with Crippen LogP contribution in [0.15, 0.2) is 0 Å². The van der Waals surface area contributed by atoms with Crippen molar-refractivity contribution in [3.05, 3.63) is 0 Å². The highest BCUT2D eigenvalue weighted by molar-refractivity contribution is 5.15. The van der Waals surface area contributed by atoms with Crippen molar-refractivity contribution < 1.29 is 0 Å². The summed E-state index contributed by atoms with van der Waals surface area (Å²) in [6.45, 7) is 12.3. The van der Waals surface area contributed by atoms with Crippen LogP contribution in [0.25, 0.3) is 0 Å². The Kier molecular flexibility index (Phi) is 1.98. The summed E-state index contributed by atoms with van der Waals surface area (Å²) < 4.78 is 0. The van der Waals surface area contributed by atoms with Crippen molar-refractivity contribution in [2.75, 3.05) is 0 Å². The van der Waals surface area contributed by atoms with Crippen molar-refractivity contribution in [1.82, 2.24) is 5.32 Å². The van der Waals surface area contributed by atoms with Crippen molar-refractivity contribution in [3.8, 4) is 0 Å². The Labute approximate surface area is 100 Å². The van der Waals surface area contributed by atoms with Crippen LogP contribution in [-0.4, -0.2) is 12.1 Å². The van der Waals surface area contributed by atoms with Crippen molar-refractivity contribution in [2.45, 2.75) is 72.4 Å². The summed E-state index contributed by atoms with van der Waals surface area (Å²) in [6, 6.07) is 1.54. The third-order valence-electron chi connectivity index (χ3n) is 6.15. The van der Waals surface area contributed by atoms with Gasteiger partial charge in [-0.1, -0.05) is 34.6 Å². The predicted molar refractivity (Wildman–Crippen MR) is 68.3 cm³/mol. The zero-order chi connectivity index (χ0) is 11.8. The minimum Gasteiger partial charge on any atom is -0.310 e. The first-order chi connectivity index (χ1) is 7.26. The molecule has 3 rings (SSSR count). The Hall–Kier alpha value is -0.0400. The molecule has 2 unspecified atom stereocenters. The number of fused-ring (bicyclic) bond motifs is 2. The lowest BCUT2D eigenvalue weighted by atomic mass is 9.68. The van der Waals surface area contributed by atoms with Gasteiger partial charge in [0.05, 0.1) is 0 Å². The summed E-state index contributed by atoms with van der Waals surface area (Å²) in [4.78, 5) is 0. The molecule has 0 saturated heterocycles. The molecule has 0 aromatic rings. The molecule has 16 heavy (non-hydrogen) atoms. The number of rotatable bonds is 2. The molecular formula is C15H27N. The van der Waals surface area contributed by atoms with Gasteiger partial charge in [-0.15, -0.1) is 0 Å². The Morgan fingerprint density at radius 3 is 2.06 bits per heavy atom. The Balaban J connectivity index is 1.79. The van der Waals surface area contributed by atoms with Gasteiger partial charge in [0.25, 0.3) is 0 Å². The molecule has 0 aliphatic heterocycles. The quantitative estimate of drug-likeness (QED) is 0.751. The highest BCUT2D eigenvalue weighted by atomic mass is 15.1. The molecule has 92 valence electrons. The predicted octanol–water partition coefficient (Wildman–Crippen LogP) is 3.59. The van der Waals surface area contributed by atoms with E-state index in [1.165, 1.54) is 25.7 Å². The molecule has 2 bridgehead atoms. The first-order valence-electron chi connectivity index (χ1n) is 7.02. The second-order valence-corrected chi connectivity index (χ2v) is 8.26. The maximum Gasteiger partial charge on any atom is 0.0178 e. The van der Waals surface area contributed by atoms with Crippen LogP contribution in [0, 0.1) is 22.2 Å². The van der Waals surface area contributed by atoms with E-state index >= 15 is 0 Å². The normalized spacial score (nSPS) is 51.9. The monoisotopic (exact) mass is 221 g/mol. The summed E-state index contributed by atoms with van der Waals surface area (Å²) in [7, 11) is 0. The van der Waals surface area contributed by atoms with E-state index in [2.05, 4.69) is 39.9 Å². The van der Waals surface area contributed by atoms with Gasteiger partial charge in [0.1, 0.15) is 0 Å². The zero-order valence-corrected chi connectivity index (χ0v) is 11.6. The number of hydrogen-bond acceptors (Lipinski definition) is 1. The molecule has 3 aliphatic rings. The van der Waals surface area contributed by atoms with E-state index in [0.717, 1.165) is 18.0 Å². The highest BCUT2D eigenvalue weighted by Crippen LogP contribution is 2.63. The van der Waals surface area contributed by atoms with Crippen molar-refractivity contribution in [1.29, 1.82) is 0 Å². The maximum absolute atomic E-state index is 4.01. The van der Waals surface area contributed by atoms with Crippen molar-refractivity contribution >= 4 is 0 Å². The average molecular weight is 221 g/mol. The molecule has 1 heteroatoms. The van der Waals surface area contributed by atoms with Crippen LogP contribution in [-0.2, 0) is 0 Å². The van der Waals surface area contributed by atoms with E-state index in [4.69, 9.17) is 0 Å². The van der Waals surface area contributed by atoms with Crippen LogP contribution >= 0.6 is 0 Å². The topological polar surface area (TPSA) is 12.0 Å². The van der Waals surface area contributed by atoms with Crippen molar-refractivity contribution in [2.24, 2.45) is 22.2 Å². The molecular weight excluding hydrogens is 194 g/mol. The minimum atomic E-state index is 0.520. The lowest BCUT2D eigenvalue weighted by molar-refractivity contribution is 0.105. The summed E-state index contributed by atoms with van der Waals surface area (Å²) >= 11 is 0. The number of hydrogen-bond donors (Lipinski definition) is 1. The van der Waals surface area contributed by atoms with Crippen LogP contribution in [0.2, 0.25) is 0 Å². The second-order valence-electron chi connectivity index (χ2n) is 8.26. The lowest BCUT2D eigenvalue weighted by Crippen LogP contribution is -2.51. The molecule has 4 atom stereocenters. The summed E-state index contributed by atoms with van der Waals surface area (Å²) in [5.74, 6) is 0.969. The first-order valence-corrected chi connectivity index (χ1v) is 7.02.